The van der Waals surface area contributed by atoms with Crippen LogP contribution >= 0.6 is 0 Å². The third-order valence-electron chi connectivity index (χ3n) is 7.83. The number of aryl methyl sites for hydroxylation is 1. The van der Waals surface area contributed by atoms with Gasteiger partial charge in [-0.15, -0.1) is 0 Å². The third-order valence-corrected chi connectivity index (χ3v) is 7.83. The summed E-state index contributed by atoms with van der Waals surface area (Å²) in [6, 6.07) is 5.18. The highest BCUT2D eigenvalue weighted by molar-refractivity contribution is 6.35. The monoisotopic (exact) mass is 491 g/mol. The summed E-state index contributed by atoms with van der Waals surface area (Å²) in [6.07, 6.45) is 4.08. The van der Waals surface area contributed by atoms with Gasteiger partial charge in [0.1, 0.15) is 0 Å². The number of carboxylic acid groups (broad SMARTS) is 1. The number of anilines is 1. The SMILES string of the molecule is Cc1[nH]c(/C=C2\C(=O)Nc3ccc(C(=O)O)cc32)c(C)c1C(=O)N1CCN(C2CCN(C)CC2)CC1. The molecule has 4 heterocycles. The average Bonchev–Trinajstić information content (AvgIpc) is 3.33. The molecule has 36 heavy (non-hydrogen) atoms. The number of H-pyrrole nitrogens is 1. The lowest BCUT2D eigenvalue weighted by Crippen LogP contribution is -2.54. The molecule has 2 fully saturated rings. The number of aromatic carboxylic acids is 1. The topological polar surface area (TPSA) is 109 Å². The molecule has 3 aliphatic rings. The number of carbonyl (C=O) groups excluding carboxylic acids is 2. The van der Waals surface area contributed by atoms with Crippen LogP contribution in [0, 0.1) is 13.8 Å². The van der Waals surface area contributed by atoms with Crippen LogP contribution in [0.5, 0.6) is 0 Å². The van der Waals surface area contributed by atoms with Crippen molar-refractivity contribution in [2.24, 2.45) is 0 Å². The number of aromatic nitrogens is 1. The molecular formula is C27H33N5O4. The van der Waals surface area contributed by atoms with E-state index >= 15 is 0 Å². The van der Waals surface area contributed by atoms with Gasteiger partial charge < -0.3 is 25.2 Å². The van der Waals surface area contributed by atoms with E-state index in [-0.39, 0.29) is 17.4 Å². The van der Waals surface area contributed by atoms with Crippen LogP contribution in [-0.4, -0.2) is 94.9 Å². The highest BCUT2D eigenvalue weighted by atomic mass is 16.4. The van der Waals surface area contributed by atoms with Gasteiger partial charge >= 0.3 is 5.97 Å². The van der Waals surface area contributed by atoms with E-state index in [1.165, 1.54) is 25.0 Å². The number of nitrogens with zero attached hydrogens (tertiary/aromatic N) is 3. The molecule has 0 unspecified atom stereocenters. The van der Waals surface area contributed by atoms with E-state index < -0.39 is 5.97 Å². The van der Waals surface area contributed by atoms with Crippen LogP contribution in [0.4, 0.5) is 5.69 Å². The molecule has 0 atom stereocenters. The molecule has 0 bridgehead atoms. The summed E-state index contributed by atoms with van der Waals surface area (Å²) in [4.78, 5) is 47.7. The summed E-state index contributed by atoms with van der Waals surface area (Å²) in [6.45, 7) is 9.22. The smallest absolute Gasteiger partial charge is 0.335 e. The summed E-state index contributed by atoms with van der Waals surface area (Å²) >= 11 is 0. The maximum atomic E-state index is 13.5. The molecule has 2 aromatic rings. The third kappa shape index (κ3) is 4.44. The van der Waals surface area contributed by atoms with E-state index in [2.05, 4.69) is 27.1 Å². The minimum Gasteiger partial charge on any atom is -0.478 e. The van der Waals surface area contributed by atoms with Gasteiger partial charge in [0.05, 0.1) is 16.7 Å². The molecule has 190 valence electrons. The number of carboxylic acids is 1. The van der Waals surface area contributed by atoms with Crippen LogP contribution in [0.2, 0.25) is 0 Å². The lowest BCUT2D eigenvalue weighted by molar-refractivity contribution is -0.110. The van der Waals surface area contributed by atoms with Crippen LogP contribution in [0.1, 0.15) is 56.1 Å². The van der Waals surface area contributed by atoms with Crippen molar-refractivity contribution in [3.05, 3.63) is 51.8 Å². The number of fused-ring (bicyclic) bond motifs is 1. The van der Waals surface area contributed by atoms with Gasteiger partial charge in [-0.05, 0) is 76.7 Å². The summed E-state index contributed by atoms with van der Waals surface area (Å²) in [5.74, 6) is -1.33. The summed E-state index contributed by atoms with van der Waals surface area (Å²) < 4.78 is 0. The van der Waals surface area contributed by atoms with E-state index in [1.54, 1.807) is 12.1 Å². The fourth-order valence-electron chi connectivity index (χ4n) is 5.66. The van der Waals surface area contributed by atoms with Crippen molar-refractivity contribution >= 4 is 35.1 Å². The number of carbonyl (C=O) groups is 3. The number of hydrogen-bond acceptors (Lipinski definition) is 5. The number of rotatable bonds is 4. The fraction of sp³-hybridized carbons (Fsp3) is 0.444. The normalized spacial score (nSPS) is 20.6. The molecule has 1 aromatic carbocycles. The number of aromatic amines is 1. The Morgan fingerprint density at radius 2 is 1.75 bits per heavy atom. The molecule has 9 heteroatoms. The Balaban J connectivity index is 1.34. The quantitative estimate of drug-likeness (QED) is 0.568. The first-order valence-electron chi connectivity index (χ1n) is 12.5. The predicted octanol–water partition coefficient (Wildman–Crippen LogP) is 2.67. The Kier molecular flexibility index (Phi) is 6.44. The highest BCUT2D eigenvalue weighted by Crippen LogP contribution is 2.35. The van der Waals surface area contributed by atoms with Crippen molar-refractivity contribution in [3.8, 4) is 0 Å². The van der Waals surface area contributed by atoms with Crippen molar-refractivity contribution in [1.82, 2.24) is 19.7 Å². The molecule has 1 aromatic heterocycles. The number of hydrogen-bond donors (Lipinski definition) is 3. The molecule has 2 saturated heterocycles. The Bertz CT molecular complexity index is 1250. The maximum Gasteiger partial charge on any atom is 0.335 e. The molecule has 3 N–H and O–H groups in total. The number of nitrogens with one attached hydrogen (secondary N) is 2. The van der Waals surface area contributed by atoms with E-state index in [4.69, 9.17) is 0 Å². The second-order valence-corrected chi connectivity index (χ2v) is 10.1. The number of piperidine rings is 1. The van der Waals surface area contributed by atoms with Gasteiger partial charge in [0.2, 0.25) is 0 Å². The minimum atomic E-state index is -1.05. The van der Waals surface area contributed by atoms with Crippen LogP contribution in [0.25, 0.3) is 11.6 Å². The Morgan fingerprint density at radius 1 is 1.06 bits per heavy atom. The first-order valence-corrected chi connectivity index (χ1v) is 12.5. The number of likely N-dealkylation sites (tertiary alicyclic amines) is 1. The molecule has 3 aliphatic heterocycles. The first-order chi connectivity index (χ1) is 17.2. The molecule has 0 radical (unpaired) electrons. The second-order valence-electron chi connectivity index (χ2n) is 10.1. The molecule has 0 spiro atoms. The maximum absolute atomic E-state index is 13.5. The van der Waals surface area contributed by atoms with Gasteiger partial charge in [0, 0.05) is 54.9 Å². The Labute approximate surface area is 210 Å². The highest BCUT2D eigenvalue weighted by Gasteiger charge is 2.31. The van der Waals surface area contributed by atoms with Crippen LogP contribution in [-0.2, 0) is 4.79 Å². The van der Waals surface area contributed by atoms with Gasteiger partial charge in [-0.2, -0.15) is 0 Å². The van der Waals surface area contributed by atoms with Gasteiger partial charge in [-0.1, -0.05) is 0 Å². The minimum absolute atomic E-state index is 0.0124. The number of piperazine rings is 1. The molecular weight excluding hydrogens is 458 g/mol. The van der Waals surface area contributed by atoms with Crippen molar-refractivity contribution in [2.75, 3.05) is 51.6 Å². The molecule has 0 saturated carbocycles. The van der Waals surface area contributed by atoms with Gasteiger partial charge in [-0.3, -0.25) is 14.5 Å². The zero-order valence-corrected chi connectivity index (χ0v) is 21.1. The summed E-state index contributed by atoms with van der Waals surface area (Å²) in [5, 5.41) is 12.1. The standard InChI is InChI=1S/C27H33N5O4/c1-16-23(15-21-20-14-18(27(35)36)4-5-22(20)29-25(21)33)28-17(2)24(16)26(34)32-12-10-31(11-13-32)19-6-8-30(3)9-7-19/h4-5,14-15,19,28H,6-13H2,1-3H3,(H,29,33)(H,35,36)/b21-15-. The van der Waals surface area contributed by atoms with Crippen LogP contribution < -0.4 is 5.32 Å². The van der Waals surface area contributed by atoms with E-state index in [1.807, 2.05) is 18.7 Å². The van der Waals surface area contributed by atoms with Gasteiger partial charge in [0.25, 0.3) is 11.8 Å². The van der Waals surface area contributed by atoms with Gasteiger partial charge in [0.15, 0.2) is 0 Å². The zero-order valence-electron chi connectivity index (χ0n) is 21.1. The lowest BCUT2D eigenvalue weighted by atomic mass is 10.0. The fourth-order valence-corrected chi connectivity index (χ4v) is 5.66. The van der Waals surface area contributed by atoms with Crippen molar-refractivity contribution in [1.29, 1.82) is 0 Å². The average molecular weight is 492 g/mol. The molecule has 2 amide bonds. The molecule has 9 nitrogen and oxygen atoms in total. The van der Waals surface area contributed by atoms with E-state index in [9.17, 15) is 19.5 Å². The summed E-state index contributed by atoms with van der Waals surface area (Å²) in [5.41, 5.74) is 4.50. The van der Waals surface area contributed by atoms with Crippen molar-refractivity contribution in [2.45, 2.75) is 32.7 Å². The largest absolute Gasteiger partial charge is 0.478 e. The Hall–Kier alpha value is -3.43. The second kappa shape index (κ2) is 9.55. The molecule has 0 aliphatic carbocycles. The lowest BCUT2D eigenvalue weighted by Gasteiger charge is -2.42. The number of amides is 2. The van der Waals surface area contributed by atoms with Crippen molar-refractivity contribution in [3.63, 3.8) is 0 Å². The number of benzene rings is 1. The Morgan fingerprint density at radius 3 is 2.42 bits per heavy atom. The predicted molar refractivity (Wildman–Crippen MR) is 138 cm³/mol. The zero-order chi connectivity index (χ0) is 25.6. The van der Waals surface area contributed by atoms with Gasteiger partial charge in [-0.25, -0.2) is 4.79 Å². The van der Waals surface area contributed by atoms with Crippen LogP contribution in [0.3, 0.4) is 0 Å². The van der Waals surface area contributed by atoms with Crippen LogP contribution in [0.15, 0.2) is 18.2 Å². The van der Waals surface area contributed by atoms with Crippen molar-refractivity contribution < 1.29 is 19.5 Å². The van der Waals surface area contributed by atoms with E-state index in [0.29, 0.717) is 47.2 Å². The first kappa shape index (κ1) is 24.3. The van der Waals surface area contributed by atoms with E-state index in [0.717, 1.165) is 37.4 Å². The summed E-state index contributed by atoms with van der Waals surface area (Å²) in [7, 11) is 2.17. The molecule has 5 rings (SSSR count).